The number of rotatable bonds is 5. The minimum Gasteiger partial charge on any atom is -0.476 e. The average molecular weight is 360 g/mol. The SMILES string of the molecule is CCC(NC(=O)c1cnc(C(=O)O)cn1)c1nc(C(F)(F)F)cs1. The fourth-order valence-electron chi connectivity index (χ4n) is 1.70. The van der Waals surface area contributed by atoms with E-state index in [0.717, 1.165) is 29.1 Å². The lowest BCUT2D eigenvalue weighted by Crippen LogP contribution is -2.29. The molecule has 0 aromatic carbocycles. The van der Waals surface area contributed by atoms with Crippen molar-refractivity contribution in [3.63, 3.8) is 0 Å². The lowest BCUT2D eigenvalue weighted by Gasteiger charge is -2.14. The molecule has 1 unspecified atom stereocenters. The van der Waals surface area contributed by atoms with E-state index in [-0.39, 0.29) is 16.4 Å². The molecule has 2 rings (SSSR count). The van der Waals surface area contributed by atoms with Crippen molar-refractivity contribution in [2.75, 3.05) is 0 Å². The van der Waals surface area contributed by atoms with Crippen molar-refractivity contribution in [2.24, 2.45) is 0 Å². The van der Waals surface area contributed by atoms with Gasteiger partial charge in [0.1, 0.15) is 10.7 Å². The fraction of sp³-hybridized carbons (Fsp3) is 0.308. The second kappa shape index (κ2) is 6.91. The molecule has 0 aliphatic heterocycles. The highest BCUT2D eigenvalue weighted by atomic mass is 32.1. The van der Waals surface area contributed by atoms with Gasteiger partial charge in [0.2, 0.25) is 0 Å². The molecule has 0 aliphatic carbocycles. The summed E-state index contributed by atoms with van der Waals surface area (Å²) in [4.78, 5) is 33.5. The molecular weight excluding hydrogens is 349 g/mol. The lowest BCUT2D eigenvalue weighted by molar-refractivity contribution is -0.140. The molecule has 0 spiro atoms. The van der Waals surface area contributed by atoms with Crippen molar-refractivity contribution >= 4 is 23.2 Å². The van der Waals surface area contributed by atoms with Crippen molar-refractivity contribution in [2.45, 2.75) is 25.6 Å². The van der Waals surface area contributed by atoms with Crippen LogP contribution in [0.25, 0.3) is 0 Å². The zero-order chi connectivity index (χ0) is 17.9. The number of nitrogens with zero attached hydrogens (tertiary/aromatic N) is 3. The van der Waals surface area contributed by atoms with Crippen molar-refractivity contribution in [1.29, 1.82) is 0 Å². The lowest BCUT2D eigenvalue weighted by atomic mass is 10.2. The number of hydrogen-bond donors (Lipinski definition) is 2. The van der Waals surface area contributed by atoms with Crippen LogP contribution in [-0.2, 0) is 6.18 Å². The van der Waals surface area contributed by atoms with Gasteiger partial charge in [-0.15, -0.1) is 11.3 Å². The van der Waals surface area contributed by atoms with E-state index in [0.29, 0.717) is 6.42 Å². The number of alkyl halides is 3. The topological polar surface area (TPSA) is 105 Å². The number of hydrogen-bond acceptors (Lipinski definition) is 6. The van der Waals surface area contributed by atoms with Crippen LogP contribution in [0, 0.1) is 0 Å². The number of aromatic carboxylic acids is 1. The smallest absolute Gasteiger partial charge is 0.434 e. The molecule has 0 fully saturated rings. The van der Waals surface area contributed by atoms with E-state index in [1.807, 2.05) is 0 Å². The fourth-order valence-corrected chi connectivity index (χ4v) is 2.66. The average Bonchev–Trinajstić information content (AvgIpc) is 3.02. The third-order valence-electron chi connectivity index (χ3n) is 2.93. The Kier molecular flexibility index (Phi) is 5.12. The summed E-state index contributed by atoms with van der Waals surface area (Å²) < 4.78 is 37.8. The third kappa shape index (κ3) is 4.04. The van der Waals surface area contributed by atoms with Gasteiger partial charge in [0.15, 0.2) is 11.4 Å². The highest BCUT2D eigenvalue weighted by Gasteiger charge is 2.34. The molecule has 1 atom stereocenters. The number of aromatic nitrogens is 3. The zero-order valence-corrected chi connectivity index (χ0v) is 13.0. The van der Waals surface area contributed by atoms with Crippen molar-refractivity contribution in [3.8, 4) is 0 Å². The van der Waals surface area contributed by atoms with Gasteiger partial charge in [-0.1, -0.05) is 6.92 Å². The Balaban J connectivity index is 2.13. The van der Waals surface area contributed by atoms with Crippen LogP contribution in [0.2, 0.25) is 0 Å². The van der Waals surface area contributed by atoms with Crippen LogP contribution in [0.4, 0.5) is 13.2 Å². The summed E-state index contributed by atoms with van der Waals surface area (Å²) in [5.41, 5.74) is -1.49. The second-order valence-electron chi connectivity index (χ2n) is 4.60. The van der Waals surface area contributed by atoms with Gasteiger partial charge in [0.05, 0.1) is 18.4 Å². The summed E-state index contributed by atoms with van der Waals surface area (Å²) >= 11 is 0.793. The van der Waals surface area contributed by atoms with Gasteiger partial charge in [-0.3, -0.25) is 4.79 Å². The van der Waals surface area contributed by atoms with Gasteiger partial charge in [0, 0.05) is 5.38 Å². The Morgan fingerprint density at radius 3 is 2.38 bits per heavy atom. The molecular formula is C13H11F3N4O3S. The maximum Gasteiger partial charge on any atom is 0.434 e. The molecule has 128 valence electrons. The first-order chi connectivity index (χ1) is 11.2. The van der Waals surface area contributed by atoms with E-state index in [1.165, 1.54) is 0 Å². The van der Waals surface area contributed by atoms with E-state index in [2.05, 4.69) is 20.3 Å². The van der Waals surface area contributed by atoms with Crippen molar-refractivity contribution < 1.29 is 27.9 Å². The van der Waals surface area contributed by atoms with Crippen LogP contribution >= 0.6 is 11.3 Å². The van der Waals surface area contributed by atoms with E-state index >= 15 is 0 Å². The molecule has 2 N–H and O–H groups in total. The predicted octanol–water partition coefficient (Wildman–Crippen LogP) is 2.53. The van der Waals surface area contributed by atoms with Crippen molar-refractivity contribution in [3.05, 3.63) is 39.9 Å². The molecule has 2 aromatic rings. The first-order valence-electron chi connectivity index (χ1n) is 6.61. The summed E-state index contributed by atoms with van der Waals surface area (Å²) in [5.74, 6) is -1.97. The molecule has 7 nitrogen and oxygen atoms in total. The zero-order valence-electron chi connectivity index (χ0n) is 12.2. The van der Waals surface area contributed by atoms with Gasteiger partial charge in [-0.25, -0.2) is 19.7 Å². The summed E-state index contributed by atoms with van der Waals surface area (Å²) in [5, 5.41) is 12.2. The Morgan fingerprint density at radius 1 is 1.29 bits per heavy atom. The van der Waals surface area contributed by atoms with Gasteiger partial charge in [0.25, 0.3) is 5.91 Å². The van der Waals surface area contributed by atoms with Crippen LogP contribution < -0.4 is 5.32 Å². The summed E-state index contributed by atoms with van der Waals surface area (Å²) in [6, 6.07) is -0.723. The number of halogens is 3. The highest BCUT2D eigenvalue weighted by molar-refractivity contribution is 7.09. The summed E-state index contributed by atoms with van der Waals surface area (Å²) in [7, 11) is 0. The van der Waals surface area contributed by atoms with E-state index in [1.54, 1.807) is 6.92 Å². The van der Waals surface area contributed by atoms with Gasteiger partial charge in [-0.05, 0) is 6.42 Å². The monoisotopic (exact) mass is 360 g/mol. The first kappa shape index (κ1) is 17.8. The normalized spacial score (nSPS) is 12.7. The maximum atomic E-state index is 12.6. The second-order valence-corrected chi connectivity index (χ2v) is 5.48. The molecule has 11 heteroatoms. The third-order valence-corrected chi connectivity index (χ3v) is 3.89. The largest absolute Gasteiger partial charge is 0.476 e. The standard InChI is InChI=1S/C13H11F3N4O3S/c1-2-6(11-20-9(5-24-11)13(14,15)16)19-10(21)7-3-18-8(4-17-7)12(22)23/h3-6H,2H2,1H3,(H,19,21)(H,22,23). The number of thiazole rings is 1. The van der Waals surface area contributed by atoms with Crippen LogP contribution in [0.3, 0.4) is 0 Å². The van der Waals surface area contributed by atoms with Crippen molar-refractivity contribution in [1.82, 2.24) is 20.3 Å². The molecule has 0 aliphatic rings. The molecule has 1 amide bonds. The maximum absolute atomic E-state index is 12.6. The summed E-state index contributed by atoms with van der Waals surface area (Å²) in [6.45, 7) is 1.68. The molecule has 0 saturated heterocycles. The number of carboxylic acid groups (broad SMARTS) is 1. The van der Waals surface area contributed by atoms with Gasteiger partial charge >= 0.3 is 12.1 Å². The van der Waals surface area contributed by atoms with Gasteiger partial charge in [-0.2, -0.15) is 13.2 Å². The van der Waals surface area contributed by atoms with Gasteiger partial charge < -0.3 is 10.4 Å². The van der Waals surface area contributed by atoms with E-state index in [9.17, 15) is 22.8 Å². The highest BCUT2D eigenvalue weighted by Crippen LogP contribution is 2.32. The molecule has 0 saturated carbocycles. The minimum absolute atomic E-state index is 0.119. The first-order valence-corrected chi connectivity index (χ1v) is 7.49. The Hall–Kier alpha value is -2.56. The number of carbonyl (C=O) groups is 2. The van der Waals surface area contributed by atoms with E-state index in [4.69, 9.17) is 5.11 Å². The Morgan fingerprint density at radius 2 is 1.92 bits per heavy atom. The number of carbonyl (C=O) groups excluding carboxylic acids is 1. The molecule has 24 heavy (non-hydrogen) atoms. The van der Waals surface area contributed by atoms with Crippen LogP contribution in [0.15, 0.2) is 17.8 Å². The number of nitrogens with one attached hydrogen (secondary N) is 1. The van der Waals surface area contributed by atoms with E-state index < -0.39 is 29.8 Å². The molecule has 0 radical (unpaired) electrons. The predicted molar refractivity (Wildman–Crippen MR) is 76.6 cm³/mol. The quantitative estimate of drug-likeness (QED) is 0.849. The molecule has 2 heterocycles. The van der Waals surface area contributed by atoms with Crippen LogP contribution in [0.5, 0.6) is 0 Å². The Bertz CT molecular complexity index is 746. The van der Waals surface area contributed by atoms with Crippen LogP contribution in [0.1, 0.15) is 51.1 Å². The summed E-state index contributed by atoms with van der Waals surface area (Å²) in [6.07, 6.45) is -2.33. The number of carboxylic acids is 1. The van der Waals surface area contributed by atoms with Crippen LogP contribution in [-0.4, -0.2) is 31.9 Å². The number of amides is 1. The minimum atomic E-state index is -4.55. The molecule has 0 bridgehead atoms. The Labute approximate surface area is 137 Å². The molecule has 2 aromatic heterocycles.